The van der Waals surface area contributed by atoms with Gasteiger partial charge in [0.1, 0.15) is 0 Å². The van der Waals surface area contributed by atoms with E-state index in [0.717, 1.165) is 25.9 Å². The number of carbonyl (C=O) groups is 1. The first-order valence-corrected chi connectivity index (χ1v) is 6.78. The van der Waals surface area contributed by atoms with Gasteiger partial charge in [-0.25, -0.2) is 0 Å². The molecule has 2 N–H and O–H groups in total. The lowest BCUT2D eigenvalue weighted by atomic mass is 9.95. The Hall–Kier alpha value is -1.35. The van der Waals surface area contributed by atoms with Crippen LogP contribution in [-0.2, 0) is 17.8 Å². The minimum absolute atomic E-state index is 0.0797. The van der Waals surface area contributed by atoms with Crippen molar-refractivity contribution in [2.24, 2.45) is 5.92 Å². The summed E-state index contributed by atoms with van der Waals surface area (Å²) in [5.41, 5.74) is 2.60. The van der Waals surface area contributed by atoms with E-state index in [-0.39, 0.29) is 11.9 Å². The van der Waals surface area contributed by atoms with Crippen LogP contribution >= 0.6 is 0 Å². The van der Waals surface area contributed by atoms with Crippen molar-refractivity contribution in [2.45, 2.75) is 39.3 Å². The Balaban J connectivity index is 1.90. The van der Waals surface area contributed by atoms with Crippen molar-refractivity contribution in [1.29, 1.82) is 0 Å². The predicted octanol–water partition coefficient (Wildman–Crippen LogP) is 1.86. The largest absolute Gasteiger partial charge is 0.354 e. The summed E-state index contributed by atoms with van der Waals surface area (Å²) in [6, 6.07) is 8.24. The van der Waals surface area contributed by atoms with Crippen molar-refractivity contribution in [3.63, 3.8) is 0 Å². The highest BCUT2D eigenvalue weighted by Gasteiger charge is 2.23. The third-order valence-electron chi connectivity index (χ3n) is 3.72. The number of rotatable bonds is 4. The molecule has 1 amide bonds. The van der Waals surface area contributed by atoms with E-state index >= 15 is 0 Å². The lowest BCUT2D eigenvalue weighted by Crippen LogP contribution is -2.48. The van der Waals surface area contributed by atoms with Gasteiger partial charge in [0.15, 0.2) is 0 Å². The van der Waals surface area contributed by atoms with Gasteiger partial charge in [0.25, 0.3) is 0 Å². The number of hydrogen-bond acceptors (Lipinski definition) is 2. The first-order valence-electron chi connectivity index (χ1n) is 6.78. The van der Waals surface area contributed by atoms with E-state index in [0.29, 0.717) is 5.92 Å². The zero-order chi connectivity index (χ0) is 13.0. The Labute approximate surface area is 109 Å². The Morgan fingerprint density at radius 3 is 2.89 bits per heavy atom. The lowest BCUT2D eigenvalue weighted by molar-refractivity contribution is -0.123. The van der Waals surface area contributed by atoms with E-state index in [1.165, 1.54) is 11.1 Å². The quantitative estimate of drug-likeness (QED) is 0.851. The molecule has 1 aromatic carbocycles. The van der Waals surface area contributed by atoms with E-state index < -0.39 is 0 Å². The van der Waals surface area contributed by atoms with Gasteiger partial charge in [-0.05, 0) is 23.5 Å². The van der Waals surface area contributed by atoms with Crippen molar-refractivity contribution in [3.8, 4) is 0 Å². The molecule has 2 rings (SSSR count). The zero-order valence-electron chi connectivity index (χ0n) is 11.2. The van der Waals surface area contributed by atoms with Gasteiger partial charge in [-0.2, -0.15) is 0 Å². The van der Waals surface area contributed by atoms with Gasteiger partial charge < -0.3 is 10.6 Å². The molecule has 0 aliphatic carbocycles. The van der Waals surface area contributed by atoms with Crippen molar-refractivity contribution < 1.29 is 4.79 Å². The van der Waals surface area contributed by atoms with Crippen LogP contribution in [0.25, 0.3) is 0 Å². The van der Waals surface area contributed by atoms with Crippen LogP contribution in [0.5, 0.6) is 0 Å². The maximum absolute atomic E-state index is 12.1. The molecule has 0 spiro atoms. The van der Waals surface area contributed by atoms with Crippen molar-refractivity contribution in [3.05, 3.63) is 35.4 Å². The Morgan fingerprint density at radius 2 is 2.17 bits per heavy atom. The van der Waals surface area contributed by atoms with Crippen molar-refractivity contribution in [1.82, 2.24) is 10.6 Å². The molecule has 2 atom stereocenters. The second-order valence-corrected chi connectivity index (χ2v) is 5.16. The van der Waals surface area contributed by atoms with Gasteiger partial charge in [-0.1, -0.05) is 44.5 Å². The second kappa shape index (κ2) is 6.01. The van der Waals surface area contributed by atoms with E-state index in [2.05, 4.69) is 36.6 Å². The summed E-state index contributed by atoms with van der Waals surface area (Å²) in [4.78, 5) is 12.1. The Bertz CT molecular complexity index is 417. The number of carbonyl (C=O) groups excluding carboxylic acids is 1. The molecule has 3 nitrogen and oxygen atoms in total. The van der Waals surface area contributed by atoms with Gasteiger partial charge >= 0.3 is 0 Å². The molecule has 0 radical (unpaired) electrons. The third kappa shape index (κ3) is 3.10. The summed E-state index contributed by atoms with van der Waals surface area (Å²) < 4.78 is 0. The van der Waals surface area contributed by atoms with E-state index in [9.17, 15) is 4.79 Å². The average Bonchev–Trinajstić information content (AvgIpc) is 2.43. The van der Waals surface area contributed by atoms with E-state index in [1.54, 1.807) is 0 Å². The average molecular weight is 246 g/mol. The normalized spacial score (nSPS) is 20.0. The fraction of sp³-hybridized carbons (Fsp3) is 0.533. The summed E-state index contributed by atoms with van der Waals surface area (Å²) in [5.74, 6) is 0.676. The molecule has 1 aliphatic rings. The molecule has 1 unspecified atom stereocenters. The highest BCUT2D eigenvalue weighted by atomic mass is 16.2. The van der Waals surface area contributed by atoms with Crippen LogP contribution in [0.4, 0.5) is 0 Å². The lowest BCUT2D eigenvalue weighted by Gasteiger charge is -2.25. The number of benzene rings is 1. The molecular formula is C15H22N2O. The standard InChI is InChI=1S/C15H22N2O/c1-3-11(2)9-17-15(18)14-8-12-6-4-5-7-13(12)10-16-14/h4-7,11,14,16H,3,8-10H2,1-2H3,(H,17,18)/t11?,14-/m1/s1. The maximum atomic E-state index is 12.1. The van der Waals surface area contributed by atoms with Crippen LogP contribution in [0.3, 0.4) is 0 Å². The van der Waals surface area contributed by atoms with Crippen LogP contribution < -0.4 is 10.6 Å². The molecule has 98 valence electrons. The summed E-state index contributed by atoms with van der Waals surface area (Å²) in [6.45, 7) is 5.86. The monoisotopic (exact) mass is 246 g/mol. The molecular weight excluding hydrogens is 224 g/mol. The summed E-state index contributed by atoms with van der Waals surface area (Å²) in [5, 5.41) is 6.34. The molecule has 3 heteroatoms. The highest BCUT2D eigenvalue weighted by molar-refractivity contribution is 5.82. The highest BCUT2D eigenvalue weighted by Crippen LogP contribution is 2.16. The van der Waals surface area contributed by atoms with Crippen LogP contribution in [-0.4, -0.2) is 18.5 Å². The molecule has 0 aromatic heterocycles. The van der Waals surface area contributed by atoms with Crippen LogP contribution in [0.15, 0.2) is 24.3 Å². The maximum Gasteiger partial charge on any atom is 0.237 e. The molecule has 18 heavy (non-hydrogen) atoms. The smallest absolute Gasteiger partial charge is 0.237 e. The van der Waals surface area contributed by atoms with E-state index in [4.69, 9.17) is 0 Å². The first kappa shape index (κ1) is 13.1. The molecule has 1 aromatic rings. The zero-order valence-corrected chi connectivity index (χ0v) is 11.2. The Morgan fingerprint density at radius 1 is 1.44 bits per heavy atom. The SMILES string of the molecule is CCC(C)CNC(=O)[C@H]1Cc2ccccc2CN1. The fourth-order valence-electron chi connectivity index (χ4n) is 2.18. The minimum atomic E-state index is -0.0797. The molecule has 0 fully saturated rings. The van der Waals surface area contributed by atoms with Gasteiger partial charge in [0.05, 0.1) is 6.04 Å². The number of hydrogen-bond donors (Lipinski definition) is 2. The first-order chi connectivity index (χ1) is 8.70. The number of amides is 1. The molecule has 1 aliphatic heterocycles. The van der Waals surface area contributed by atoms with Gasteiger partial charge in [-0.3, -0.25) is 4.79 Å². The summed E-state index contributed by atoms with van der Waals surface area (Å²) >= 11 is 0. The third-order valence-corrected chi connectivity index (χ3v) is 3.72. The summed E-state index contributed by atoms with van der Waals surface area (Å²) in [7, 11) is 0. The van der Waals surface area contributed by atoms with Gasteiger partial charge in [0, 0.05) is 13.1 Å². The number of fused-ring (bicyclic) bond motifs is 1. The topological polar surface area (TPSA) is 41.1 Å². The van der Waals surface area contributed by atoms with Crippen LogP contribution in [0, 0.1) is 5.92 Å². The number of nitrogens with one attached hydrogen (secondary N) is 2. The minimum Gasteiger partial charge on any atom is -0.354 e. The van der Waals surface area contributed by atoms with Crippen LogP contribution in [0.2, 0.25) is 0 Å². The molecule has 1 heterocycles. The van der Waals surface area contributed by atoms with Crippen LogP contribution in [0.1, 0.15) is 31.4 Å². The van der Waals surface area contributed by atoms with Gasteiger partial charge in [0.2, 0.25) is 5.91 Å². The van der Waals surface area contributed by atoms with Crippen molar-refractivity contribution in [2.75, 3.05) is 6.54 Å². The predicted molar refractivity (Wildman–Crippen MR) is 73.2 cm³/mol. The molecule has 0 saturated carbocycles. The van der Waals surface area contributed by atoms with Crippen molar-refractivity contribution >= 4 is 5.91 Å². The molecule has 0 bridgehead atoms. The van der Waals surface area contributed by atoms with E-state index in [1.807, 2.05) is 12.1 Å². The molecule has 0 saturated heterocycles. The summed E-state index contributed by atoms with van der Waals surface area (Å²) in [6.07, 6.45) is 1.89. The fourth-order valence-corrected chi connectivity index (χ4v) is 2.18. The second-order valence-electron chi connectivity index (χ2n) is 5.16. The van der Waals surface area contributed by atoms with Gasteiger partial charge in [-0.15, -0.1) is 0 Å². The Kier molecular flexibility index (Phi) is 4.37.